The van der Waals surface area contributed by atoms with Crippen LogP contribution in [-0.4, -0.2) is 19.1 Å². The fraction of sp³-hybridized carbons (Fsp3) is 0.417. The number of carbonyl (C=O) groups is 1. The van der Waals surface area contributed by atoms with E-state index in [1.54, 1.807) is 19.1 Å². The van der Waals surface area contributed by atoms with E-state index in [1.165, 1.54) is 12.1 Å². The number of benzene rings is 1. The van der Waals surface area contributed by atoms with Gasteiger partial charge in [0.1, 0.15) is 5.75 Å². The smallest absolute Gasteiger partial charge is 0.387 e. The minimum Gasteiger partial charge on any atom is -0.435 e. The van der Waals surface area contributed by atoms with Gasteiger partial charge < -0.3 is 15.8 Å². The second kappa shape index (κ2) is 6.90. The van der Waals surface area contributed by atoms with Crippen LogP contribution in [0.15, 0.2) is 24.3 Å². The molecule has 0 heterocycles. The molecule has 0 saturated heterocycles. The van der Waals surface area contributed by atoms with Gasteiger partial charge >= 0.3 is 6.61 Å². The second-order valence-electron chi connectivity index (χ2n) is 3.78. The van der Waals surface area contributed by atoms with Crippen molar-refractivity contribution in [3.63, 3.8) is 0 Å². The van der Waals surface area contributed by atoms with E-state index in [1.807, 2.05) is 0 Å². The number of hydrogen-bond donors (Lipinski definition) is 2. The van der Waals surface area contributed by atoms with Crippen molar-refractivity contribution in [2.45, 2.75) is 26.0 Å². The fourth-order valence-corrected chi connectivity index (χ4v) is 1.47. The standard InChI is InChI=1S/C12H16F2N2O2/c1-8(16-11(17)6-7-15)9-2-4-10(5-3-9)18-12(13)14/h2-5,8,12H,6-7,15H2,1H3,(H,16,17). The summed E-state index contributed by atoms with van der Waals surface area (Å²) in [6.45, 7) is -0.741. The Bertz CT molecular complexity index is 382. The third-order valence-corrected chi connectivity index (χ3v) is 2.35. The molecule has 1 aromatic carbocycles. The minimum atomic E-state index is -2.84. The van der Waals surface area contributed by atoms with E-state index in [-0.39, 0.29) is 24.1 Å². The summed E-state index contributed by atoms with van der Waals surface area (Å²) >= 11 is 0. The molecule has 0 fully saturated rings. The van der Waals surface area contributed by atoms with Gasteiger partial charge in [0.2, 0.25) is 5.91 Å². The van der Waals surface area contributed by atoms with E-state index in [0.29, 0.717) is 6.54 Å². The van der Waals surface area contributed by atoms with Crippen LogP contribution in [-0.2, 0) is 4.79 Å². The molecule has 4 nitrogen and oxygen atoms in total. The van der Waals surface area contributed by atoms with Gasteiger partial charge in [-0.15, -0.1) is 0 Å². The lowest BCUT2D eigenvalue weighted by Crippen LogP contribution is -2.28. The van der Waals surface area contributed by atoms with Gasteiger partial charge in [0, 0.05) is 13.0 Å². The average Bonchev–Trinajstić information content (AvgIpc) is 2.29. The summed E-state index contributed by atoms with van der Waals surface area (Å²) in [5.74, 6) is -0.0489. The maximum absolute atomic E-state index is 11.9. The first-order valence-electron chi connectivity index (χ1n) is 5.57. The number of nitrogens with two attached hydrogens (primary N) is 1. The number of alkyl halides is 2. The molecule has 0 aliphatic carbocycles. The lowest BCUT2D eigenvalue weighted by Gasteiger charge is -2.14. The van der Waals surface area contributed by atoms with Crippen molar-refractivity contribution in [3.8, 4) is 5.75 Å². The third kappa shape index (κ3) is 4.67. The molecule has 1 unspecified atom stereocenters. The number of rotatable bonds is 6. The zero-order chi connectivity index (χ0) is 13.5. The Morgan fingerprint density at radius 3 is 2.50 bits per heavy atom. The summed E-state index contributed by atoms with van der Waals surface area (Å²) in [6, 6.07) is 5.93. The highest BCUT2D eigenvalue weighted by molar-refractivity contribution is 5.76. The predicted molar refractivity (Wildman–Crippen MR) is 63.3 cm³/mol. The Morgan fingerprint density at radius 1 is 1.39 bits per heavy atom. The SMILES string of the molecule is CC(NC(=O)CCN)c1ccc(OC(F)F)cc1. The Morgan fingerprint density at radius 2 is 2.00 bits per heavy atom. The van der Waals surface area contributed by atoms with E-state index in [0.717, 1.165) is 5.56 Å². The minimum absolute atomic E-state index is 0.0919. The van der Waals surface area contributed by atoms with Crippen LogP contribution >= 0.6 is 0 Å². The molecule has 0 radical (unpaired) electrons. The molecule has 1 rings (SSSR count). The first kappa shape index (κ1) is 14.4. The normalized spacial score (nSPS) is 12.3. The van der Waals surface area contributed by atoms with Gasteiger partial charge in [-0.25, -0.2) is 0 Å². The average molecular weight is 258 g/mol. The second-order valence-corrected chi connectivity index (χ2v) is 3.78. The Hall–Kier alpha value is -1.69. The van der Waals surface area contributed by atoms with Crippen molar-refractivity contribution in [1.82, 2.24) is 5.32 Å². The monoisotopic (exact) mass is 258 g/mol. The van der Waals surface area contributed by atoms with Crippen molar-refractivity contribution in [1.29, 1.82) is 0 Å². The van der Waals surface area contributed by atoms with Gasteiger partial charge in [-0.2, -0.15) is 8.78 Å². The summed E-state index contributed by atoms with van der Waals surface area (Å²) < 4.78 is 28.1. The Labute approximate surface area is 104 Å². The number of carbonyl (C=O) groups excluding carboxylic acids is 1. The van der Waals surface area contributed by atoms with Crippen LogP contribution in [0.4, 0.5) is 8.78 Å². The van der Waals surface area contributed by atoms with E-state index in [9.17, 15) is 13.6 Å². The third-order valence-electron chi connectivity index (χ3n) is 2.35. The molecule has 1 atom stereocenters. The zero-order valence-electron chi connectivity index (χ0n) is 10.0. The van der Waals surface area contributed by atoms with Gasteiger partial charge in [0.25, 0.3) is 0 Å². The molecule has 1 aromatic rings. The summed E-state index contributed by atoms with van der Waals surface area (Å²) in [7, 11) is 0. The van der Waals surface area contributed by atoms with E-state index in [4.69, 9.17) is 5.73 Å². The molecule has 0 aromatic heterocycles. The highest BCUT2D eigenvalue weighted by atomic mass is 19.3. The predicted octanol–water partition coefficient (Wildman–Crippen LogP) is 1.81. The van der Waals surface area contributed by atoms with Crippen molar-refractivity contribution >= 4 is 5.91 Å². The molecule has 100 valence electrons. The first-order valence-corrected chi connectivity index (χ1v) is 5.57. The molecule has 0 bridgehead atoms. The highest BCUT2D eigenvalue weighted by Crippen LogP contribution is 2.19. The van der Waals surface area contributed by atoms with Gasteiger partial charge in [-0.05, 0) is 24.6 Å². The molecule has 6 heteroatoms. The van der Waals surface area contributed by atoms with Crippen LogP contribution in [0.3, 0.4) is 0 Å². The van der Waals surface area contributed by atoms with Crippen LogP contribution in [0.25, 0.3) is 0 Å². The summed E-state index contributed by atoms with van der Waals surface area (Å²) in [6.07, 6.45) is 0.261. The van der Waals surface area contributed by atoms with Crippen molar-refractivity contribution in [2.24, 2.45) is 5.73 Å². The first-order chi connectivity index (χ1) is 8.52. The summed E-state index contributed by atoms with van der Waals surface area (Å²) in [5, 5.41) is 2.75. The lowest BCUT2D eigenvalue weighted by atomic mass is 10.1. The molecular weight excluding hydrogens is 242 g/mol. The molecule has 0 aliphatic heterocycles. The zero-order valence-corrected chi connectivity index (χ0v) is 10.0. The van der Waals surface area contributed by atoms with Crippen molar-refractivity contribution < 1.29 is 18.3 Å². The number of amides is 1. The van der Waals surface area contributed by atoms with Gasteiger partial charge in [-0.1, -0.05) is 12.1 Å². The Balaban J connectivity index is 2.58. The molecule has 0 spiro atoms. The van der Waals surface area contributed by atoms with Crippen LogP contribution in [0.1, 0.15) is 24.9 Å². The number of nitrogens with one attached hydrogen (secondary N) is 1. The van der Waals surface area contributed by atoms with Crippen LogP contribution in [0, 0.1) is 0 Å². The maximum Gasteiger partial charge on any atom is 0.387 e. The largest absolute Gasteiger partial charge is 0.435 e. The maximum atomic E-state index is 11.9. The highest BCUT2D eigenvalue weighted by Gasteiger charge is 2.10. The summed E-state index contributed by atoms with van der Waals surface area (Å²) in [4.78, 5) is 11.3. The lowest BCUT2D eigenvalue weighted by molar-refractivity contribution is -0.121. The van der Waals surface area contributed by atoms with Crippen LogP contribution < -0.4 is 15.8 Å². The molecular formula is C12H16F2N2O2. The van der Waals surface area contributed by atoms with Crippen molar-refractivity contribution in [3.05, 3.63) is 29.8 Å². The fourth-order valence-electron chi connectivity index (χ4n) is 1.47. The Kier molecular flexibility index (Phi) is 5.51. The molecule has 0 saturated carbocycles. The topological polar surface area (TPSA) is 64.4 Å². The van der Waals surface area contributed by atoms with Crippen molar-refractivity contribution in [2.75, 3.05) is 6.54 Å². The molecule has 1 amide bonds. The molecule has 0 aliphatic rings. The number of hydrogen-bond acceptors (Lipinski definition) is 3. The van der Waals surface area contributed by atoms with Crippen LogP contribution in [0.2, 0.25) is 0 Å². The quantitative estimate of drug-likeness (QED) is 0.818. The summed E-state index contributed by atoms with van der Waals surface area (Å²) in [5.41, 5.74) is 6.07. The molecule has 18 heavy (non-hydrogen) atoms. The van der Waals surface area contributed by atoms with E-state index >= 15 is 0 Å². The van der Waals surface area contributed by atoms with E-state index < -0.39 is 6.61 Å². The molecule has 3 N–H and O–H groups in total. The number of halogens is 2. The van der Waals surface area contributed by atoms with Crippen LogP contribution in [0.5, 0.6) is 5.75 Å². The van der Waals surface area contributed by atoms with E-state index in [2.05, 4.69) is 10.1 Å². The number of ether oxygens (including phenoxy) is 1. The van der Waals surface area contributed by atoms with Gasteiger partial charge in [0.05, 0.1) is 6.04 Å². The van der Waals surface area contributed by atoms with Gasteiger partial charge in [0.15, 0.2) is 0 Å². The van der Waals surface area contributed by atoms with Gasteiger partial charge in [-0.3, -0.25) is 4.79 Å².